The number of methoxy groups -OCH3 is 1. The highest BCUT2D eigenvalue weighted by molar-refractivity contribution is 7.92. The number of carbonyl (C=O) groups is 1. The molecule has 0 radical (unpaired) electrons. The number of rotatable bonds is 8. The molecule has 9 heteroatoms. The average molecular weight is 407 g/mol. The van der Waals surface area contributed by atoms with Gasteiger partial charge in [0.25, 0.3) is 0 Å². The van der Waals surface area contributed by atoms with Crippen LogP contribution in [0.4, 0.5) is 0 Å². The summed E-state index contributed by atoms with van der Waals surface area (Å²) in [4.78, 5) is 12.7. The fourth-order valence-electron chi connectivity index (χ4n) is 2.93. The van der Waals surface area contributed by atoms with Crippen LogP contribution < -0.4 is 15.4 Å². The molecular formula is C17H27ClN2O5S. The van der Waals surface area contributed by atoms with Gasteiger partial charge in [-0.15, -0.1) is 12.4 Å². The first-order valence-corrected chi connectivity index (χ1v) is 10.2. The van der Waals surface area contributed by atoms with Gasteiger partial charge in [-0.3, -0.25) is 4.79 Å². The molecule has 0 atom stereocenters. The van der Waals surface area contributed by atoms with Crippen molar-refractivity contribution in [2.75, 3.05) is 39.7 Å². The molecule has 0 unspecified atom stereocenters. The number of piperidine rings is 1. The molecule has 0 bridgehead atoms. The maximum Gasteiger partial charge on any atom is 0.241 e. The Morgan fingerprint density at radius 3 is 2.58 bits per heavy atom. The second-order valence-electron chi connectivity index (χ2n) is 6.19. The Kier molecular flexibility index (Phi) is 8.82. The lowest BCUT2D eigenvalue weighted by molar-refractivity contribution is -0.124. The molecule has 7 nitrogen and oxygen atoms in total. The first-order valence-electron chi connectivity index (χ1n) is 8.28. The number of amides is 1. The third-order valence-corrected chi connectivity index (χ3v) is 6.46. The topological polar surface area (TPSA) is 93.7 Å². The zero-order valence-electron chi connectivity index (χ0n) is 15.1. The Balaban J connectivity index is 0.00000338. The van der Waals surface area contributed by atoms with Crippen LogP contribution in [0.2, 0.25) is 0 Å². The number of carbonyl (C=O) groups excluding carboxylic acids is 1. The van der Waals surface area contributed by atoms with Crippen molar-refractivity contribution in [1.29, 1.82) is 0 Å². The molecule has 1 amide bonds. The Morgan fingerprint density at radius 2 is 1.96 bits per heavy atom. The van der Waals surface area contributed by atoms with Crippen molar-refractivity contribution in [3.63, 3.8) is 0 Å². The molecule has 0 aliphatic carbocycles. The fourth-order valence-corrected chi connectivity index (χ4v) is 4.28. The highest BCUT2D eigenvalue weighted by Crippen LogP contribution is 2.28. The number of halogens is 1. The molecule has 0 saturated carbocycles. The van der Waals surface area contributed by atoms with Crippen molar-refractivity contribution in [2.45, 2.75) is 24.1 Å². The van der Waals surface area contributed by atoms with E-state index in [2.05, 4.69) is 10.6 Å². The van der Waals surface area contributed by atoms with Crippen LogP contribution in [-0.4, -0.2) is 58.7 Å². The van der Waals surface area contributed by atoms with Crippen LogP contribution in [-0.2, 0) is 25.9 Å². The van der Waals surface area contributed by atoms with Gasteiger partial charge in [-0.1, -0.05) is 12.1 Å². The Hall–Kier alpha value is -1.35. The SMILES string of the molecule is COCCOc1cccc(CNC(=O)C2(S(C)(=O)=O)CCNCC2)c1.Cl. The molecule has 0 aromatic heterocycles. The van der Waals surface area contributed by atoms with E-state index in [-0.39, 0.29) is 31.8 Å². The maximum atomic E-state index is 12.7. The summed E-state index contributed by atoms with van der Waals surface area (Å²) in [7, 11) is -1.90. The van der Waals surface area contributed by atoms with E-state index in [4.69, 9.17) is 9.47 Å². The van der Waals surface area contributed by atoms with Gasteiger partial charge in [0, 0.05) is 19.9 Å². The van der Waals surface area contributed by atoms with Crippen LogP contribution in [0.3, 0.4) is 0 Å². The van der Waals surface area contributed by atoms with E-state index >= 15 is 0 Å². The van der Waals surface area contributed by atoms with Crippen LogP contribution in [0, 0.1) is 0 Å². The van der Waals surface area contributed by atoms with E-state index < -0.39 is 20.5 Å². The van der Waals surface area contributed by atoms with Crippen LogP contribution in [0.5, 0.6) is 5.75 Å². The van der Waals surface area contributed by atoms with Gasteiger partial charge in [-0.2, -0.15) is 0 Å². The minimum absolute atomic E-state index is 0. The minimum atomic E-state index is -3.50. The van der Waals surface area contributed by atoms with Gasteiger partial charge in [-0.25, -0.2) is 8.42 Å². The fraction of sp³-hybridized carbons (Fsp3) is 0.588. The quantitative estimate of drug-likeness (QED) is 0.623. The third kappa shape index (κ3) is 5.57. The molecule has 2 rings (SSSR count). The van der Waals surface area contributed by atoms with Crippen LogP contribution in [0.25, 0.3) is 0 Å². The predicted molar refractivity (Wildman–Crippen MR) is 103 cm³/mol. The van der Waals surface area contributed by atoms with E-state index in [0.717, 1.165) is 11.8 Å². The Bertz CT molecular complexity index is 690. The molecular weight excluding hydrogens is 380 g/mol. The van der Waals surface area contributed by atoms with Gasteiger partial charge in [0.05, 0.1) is 6.61 Å². The highest BCUT2D eigenvalue weighted by Gasteiger charge is 2.48. The van der Waals surface area contributed by atoms with E-state index in [1.54, 1.807) is 7.11 Å². The van der Waals surface area contributed by atoms with E-state index in [0.29, 0.717) is 32.1 Å². The van der Waals surface area contributed by atoms with Crippen molar-refractivity contribution in [1.82, 2.24) is 10.6 Å². The van der Waals surface area contributed by atoms with Gasteiger partial charge < -0.3 is 20.1 Å². The summed E-state index contributed by atoms with van der Waals surface area (Å²) < 4.78 is 33.6. The first-order chi connectivity index (χ1) is 11.9. The molecule has 26 heavy (non-hydrogen) atoms. The summed E-state index contributed by atoms with van der Waals surface area (Å²) in [6.45, 7) is 2.22. The molecule has 1 fully saturated rings. The van der Waals surface area contributed by atoms with E-state index in [9.17, 15) is 13.2 Å². The number of sulfone groups is 1. The summed E-state index contributed by atoms with van der Waals surface area (Å²) >= 11 is 0. The number of nitrogens with one attached hydrogen (secondary N) is 2. The Morgan fingerprint density at radius 1 is 1.27 bits per heavy atom. The minimum Gasteiger partial charge on any atom is -0.491 e. The lowest BCUT2D eigenvalue weighted by Crippen LogP contribution is -2.57. The Labute approximate surface area is 161 Å². The van der Waals surface area contributed by atoms with Crippen LogP contribution >= 0.6 is 12.4 Å². The lowest BCUT2D eigenvalue weighted by atomic mass is 9.95. The maximum absolute atomic E-state index is 12.7. The van der Waals surface area contributed by atoms with Gasteiger partial charge in [-0.05, 0) is 43.6 Å². The van der Waals surface area contributed by atoms with Crippen molar-refractivity contribution in [3.05, 3.63) is 29.8 Å². The standard InChI is InChI=1S/C17H26N2O5S.ClH/c1-23-10-11-24-15-5-3-4-14(12-15)13-19-16(20)17(25(2,21)22)6-8-18-9-7-17;/h3-5,12,18H,6-11,13H2,1-2H3,(H,19,20);1H. The van der Waals surface area contributed by atoms with Crippen molar-refractivity contribution in [3.8, 4) is 5.75 Å². The summed E-state index contributed by atoms with van der Waals surface area (Å²) in [5.41, 5.74) is 0.848. The largest absolute Gasteiger partial charge is 0.491 e. The second kappa shape index (κ2) is 10.1. The van der Waals surface area contributed by atoms with Crippen molar-refractivity contribution >= 4 is 28.2 Å². The normalized spacial score (nSPS) is 16.4. The molecule has 1 aliphatic heterocycles. The molecule has 1 saturated heterocycles. The van der Waals surface area contributed by atoms with Crippen molar-refractivity contribution < 1.29 is 22.7 Å². The van der Waals surface area contributed by atoms with Gasteiger partial charge in [0.1, 0.15) is 12.4 Å². The lowest BCUT2D eigenvalue weighted by Gasteiger charge is -2.34. The first kappa shape index (κ1) is 22.7. The number of ether oxygens (including phenoxy) is 2. The molecule has 1 aromatic carbocycles. The molecule has 2 N–H and O–H groups in total. The predicted octanol–water partition coefficient (Wildman–Crippen LogP) is 0.917. The summed E-state index contributed by atoms with van der Waals surface area (Å²) in [6.07, 6.45) is 1.72. The molecule has 1 heterocycles. The van der Waals surface area contributed by atoms with Crippen molar-refractivity contribution in [2.24, 2.45) is 0 Å². The zero-order valence-corrected chi connectivity index (χ0v) is 16.7. The smallest absolute Gasteiger partial charge is 0.241 e. The highest BCUT2D eigenvalue weighted by atomic mass is 35.5. The van der Waals surface area contributed by atoms with Gasteiger partial charge in [0.2, 0.25) is 5.91 Å². The average Bonchev–Trinajstić information content (AvgIpc) is 2.60. The zero-order chi connectivity index (χ0) is 18.3. The van der Waals surface area contributed by atoms with Gasteiger partial charge in [0.15, 0.2) is 14.6 Å². The third-order valence-electron chi connectivity index (χ3n) is 4.44. The van der Waals surface area contributed by atoms with Gasteiger partial charge >= 0.3 is 0 Å². The van der Waals surface area contributed by atoms with E-state index in [1.165, 1.54) is 0 Å². The van der Waals surface area contributed by atoms with Crippen LogP contribution in [0.15, 0.2) is 24.3 Å². The second-order valence-corrected chi connectivity index (χ2v) is 8.51. The monoisotopic (exact) mass is 406 g/mol. The van der Waals surface area contributed by atoms with E-state index in [1.807, 2.05) is 24.3 Å². The summed E-state index contributed by atoms with van der Waals surface area (Å²) in [5, 5.41) is 5.89. The molecule has 148 valence electrons. The number of hydrogen-bond donors (Lipinski definition) is 2. The number of benzene rings is 1. The summed E-state index contributed by atoms with van der Waals surface area (Å²) in [6, 6.07) is 7.34. The number of hydrogen-bond acceptors (Lipinski definition) is 6. The molecule has 0 spiro atoms. The molecule has 1 aliphatic rings. The molecule has 1 aromatic rings. The van der Waals surface area contributed by atoms with Crippen LogP contribution in [0.1, 0.15) is 18.4 Å². The summed E-state index contributed by atoms with van der Waals surface area (Å²) in [5.74, 6) is 0.255.